The molecule has 1 rings (SSSR count). The zero-order valence-corrected chi connectivity index (χ0v) is 10.3. The molecule has 0 radical (unpaired) electrons. The Hall–Kier alpha value is -2.15. The van der Waals surface area contributed by atoms with Crippen molar-refractivity contribution >= 4 is 11.7 Å². The first-order valence-electron chi connectivity index (χ1n) is 5.35. The Bertz CT molecular complexity index is 470. The predicted molar refractivity (Wildman–Crippen MR) is 66.9 cm³/mol. The number of amides is 1. The van der Waals surface area contributed by atoms with E-state index in [1.807, 2.05) is 0 Å². The number of carbonyl (C=O) groups excluding carboxylic acids is 1. The van der Waals surface area contributed by atoms with Gasteiger partial charge in [0, 0.05) is 12.7 Å². The van der Waals surface area contributed by atoms with E-state index >= 15 is 0 Å². The number of primary amides is 1. The quantitative estimate of drug-likeness (QED) is 0.243. The average molecular weight is 251 g/mol. The van der Waals surface area contributed by atoms with E-state index in [4.69, 9.17) is 16.7 Å². The number of oxime groups is 1. The molecule has 0 atom stereocenters. The summed E-state index contributed by atoms with van der Waals surface area (Å²) in [5, 5.41) is 14.6. The van der Waals surface area contributed by atoms with E-state index in [0.717, 1.165) is 0 Å². The van der Waals surface area contributed by atoms with E-state index < -0.39 is 11.4 Å². The minimum absolute atomic E-state index is 0.0794. The number of carbonyl (C=O) groups is 1. The number of rotatable bonds is 5. The van der Waals surface area contributed by atoms with Crippen molar-refractivity contribution < 1.29 is 10.0 Å². The molecule has 0 aromatic carbocycles. The first-order valence-corrected chi connectivity index (χ1v) is 5.35. The van der Waals surface area contributed by atoms with Crippen molar-refractivity contribution in [2.24, 2.45) is 16.6 Å². The number of nitrogens with one attached hydrogen (secondary N) is 1. The third-order valence-corrected chi connectivity index (χ3v) is 2.58. The highest BCUT2D eigenvalue weighted by Gasteiger charge is 2.24. The van der Waals surface area contributed by atoms with E-state index in [9.17, 15) is 4.79 Å². The summed E-state index contributed by atoms with van der Waals surface area (Å²) in [7, 11) is 0. The van der Waals surface area contributed by atoms with Gasteiger partial charge in [0.15, 0.2) is 5.84 Å². The molecule has 0 spiro atoms. The van der Waals surface area contributed by atoms with Gasteiger partial charge in [-0.3, -0.25) is 15.1 Å². The Balaban J connectivity index is 2.89. The van der Waals surface area contributed by atoms with Crippen LogP contribution < -0.4 is 16.8 Å². The molecule has 0 aliphatic heterocycles. The van der Waals surface area contributed by atoms with Gasteiger partial charge in [0.05, 0.1) is 5.54 Å². The third kappa shape index (κ3) is 3.17. The Morgan fingerprint density at radius 2 is 2.22 bits per heavy atom. The highest BCUT2D eigenvalue weighted by Crippen LogP contribution is 2.08. The number of amidine groups is 1. The van der Waals surface area contributed by atoms with Gasteiger partial charge in [-0.25, -0.2) is 0 Å². The molecule has 7 nitrogen and oxygen atoms in total. The van der Waals surface area contributed by atoms with Gasteiger partial charge >= 0.3 is 0 Å². The van der Waals surface area contributed by atoms with Gasteiger partial charge in [-0.1, -0.05) is 11.2 Å². The summed E-state index contributed by atoms with van der Waals surface area (Å²) >= 11 is 0. The van der Waals surface area contributed by atoms with Gasteiger partial charge in [-0.15, -0.1) is 0 Å². The predicted octanol–water partition coefficient (Wildman–Crippen LogP) is -0.470. The van der Waals surface area contributed by atoms with Crippen LogP contribution in [0.1, 0.15) is 25.1 Å². The van der Waals surface area contributed by atoms with Crippen LogP contribution in [-0.4, -0.2) is 27.5 Å². The normalized spacial score (nSPS) is 12.4. The molecule has 7 heteroatoms. The van der Waals surface area contributed by atoms with Crippen LogP contribution in [0.15, 0.2) is 23.5 Å². The molecule has 0 saturated carbocycles. The second kappa shape index (κ2) is 5.46. The van der Waals surface area contributed by atoms with Crippen molar-refractivity contribution in [2.45, 2.75) is 25.9 Å². The molecule has 6 N–H and O–H groups in total. The van der Waals surface area contributed by atoms with Gasteiger partial charge in [0.1, 0.15) is 5.69 Å². The molecular formula is C11H17N5O2. The fourth-order valence-corrected chi connectivity index (χ4v) is 1.26. The van der Waals surface area contributed by atoms with Crippen molar-refractivity contribution in [3.8, 4) is 0 Å². The number of hydrogen-bond acceptors (Lipinski definition) is 5. The van der Waals surface area contributed by atoms with Crippen LogP contribution in [0.5, 0.6) is 0 Å². The van der Waals surface area contributed by atoms with Crippen LogP contribution in [0, 0.1) is 0 Å². The molecule has 1 heterocycles. The monoisotopic (exact) mass is 251 g/mol. The first kappa shape index (κ1) is 13.9. The van der Waals surface area contributed by atoms with Crippen molar-refractivity contribution in [3.05, 3.63) is 29.6 Å². The van der Waals surface area contributed by atoms with Gasteiger partial charge in [0.25, 0.3) is 0 Å². The van der Waals surface area contributed by atoms with E-state index in [1.165, 1.54) is 6.20 Å². The third-order valence-electron chi connectivity index (χ3n) is 2.58. The minimum atomic E-state index is -0.849. The molecule has 1 aromatic heterocycles. The van der Waals surface area contributed by atoms with Gasteiger partial charge in [0.2, 0.25) is 5.91 Å². The molecule has 0 fully saturated rings. The van der Waals surface area contributed by atoms with Gasteiger partial charge in [-0.05, 0) is 25.5 Å². The molecule has 0 unspecified atom stereocenters. The SMILES string of the molecule is CC(C)(NCc1cccnc1C(N)=NO)C(N)=O. The lowest BCUT2D eigenvalue weighted by atomic mass is 10.0. The molecule has 1 amide bonds. The molecule has 98 valence electrons. The van der Waals surface area contributed by atoms with E-state index in [2.05, 4.69) is 15.5 Å². The Morgan fingerprint density at radius 1 is 1.56 bits per heavy atom. The summed E-state index contributed by atoms with van der Waals surface area (Å²) in [5.74, 6) is -0.541. The van der Waals surface area contributed by atoms with E-state index in [0.29, 0.717) is 17.8 Å². The topological polar surface area (TPSA) is 127 Å². The summed E-state index contributed by atoms with van der Waals surface area (Å²) in [6.07, 6.45) is 1.54. The lowest BCUT2D eigenvalue weighted by molar-refractivity contribution is -0.123. The molecule has 1 aromatic rings. The summed E-state index contributed by atoms with van der Waals surface area (Å²) in [5.41, 5.74) is 11.0. The highest BCUT2D eigenvalue weighted by atomic mass is 16.4. The minimum Gasteiger partial charge on any atom is -0.409 e. The summed E-state index contributed by atoms with van der Waals surface area (Å²) in [4.78, 5) is 15.2. The molecular weight excluding hydrogens is 234 g/mol. The first-order chi connectivity index (χ1) is 8.38. The lowest BCUT2D eigenvalue weighted by Crippen LogP contribution is -2.50. The van der Waals surface area contributed by atoms with Crippen molar-refractivity contribution in [2.75, 3.05) is 0 Å². The Labute approximate surface area is 105 Å². The fourth-order valence-electron chi connectivity index (χ4n) is 1.26. The number of nitrogens with two attached hydrogens (primary N) is 2. The zero-order valence-electron chi connectivity index (χ0n) is 10.3. The summed E-state index contributed by atoms with van der Waals surface area (Å²) < 4.78 is 0. The molecule has 0 saturated heterocycles. The Morgan fingerprint density at radius 3 is 2.78 bits per heavy atom. The number of hydrogen-bond donors (Lipinski definition) is 4. The van der Waals surface area contributed by atoms with E-state index in [1.54, 1.807) is 26.0 Å². The van der Waals surface area contributed by atoms with Crippen LogP contribution in [0.3, 0.4) is 0 Å². The maximum Gasteiger partial charge on any atom is 0.237 e. The number of aromatic nitrogens is 1. The molecule has 0 aliphatic carbocycles. The zero-order chi connectivity index (χ0) is 13.8. The highest BCUT2D eigenvalue weighted by molar-refractivity contribution is 5.96. The molecule has 0 bridgehead atoms. The standard InChI is InChI=1S/C11H17N5O2/c1-11(2,10(13)17)15-6-7-4-3-5-14-8(7)9(12)16-18/h3-5,15,18H,6H2,1-2H3,(H2,12,16)(H2,13,17). The second-order valence-electron chi connectivity index (χ2n) is 4.34. The van der Waals surface area contributed by atoms with Crippen LogP contribution in [0.2, 0.25) is 0 Å². The second-order valence-corrected chi connectivity index (χ2v) is 4.34. The maximum absolute atomic E-state index is 11.2. The lowest BCUT2D eigenvalue weighted by Gasteiger charge is -2.22. The average Bonchev–Trinajstić information content (AvgIpc) is 2.35. The van der Waals surface area contributed by atoms with Gasteiger partial charge in [-0.2, -0.15) is 0 Å². The Kier molecular flexibility index (Phi) is 4.22. The van der Waals surface area contributed by atoms with E-state index in [-0.39, 0.29) is 5.84 Å². The van der Waals surface area contributed by atoms with Crippen molar-refractivity contribution in [3.63, 3.8) is 0 Å². The van der Waals surface area contributed by atoms with Crippen molar-refractivity contribution in [1.29, 1.82) is 0 Å². The van der Waals surface area contributed by atoms with Crippen LogP contribution >= 0.6 is 0 Å². The number of nitrogens with zero attached hydrogens (tertiary/aromatic N) is 2. The maximum atomic E-state index is 11.2. The number of pyridine rings is 1. The molecule has 0 aliphatic rings. The van der Waals surface area contributed by atoms with Crippen molar-refractivity contribution in [1.82, 2.24) is 10.3 Å². The largest absolute Gasteiger partial charge is 0.409 e. The van der Waals surface area contributed by atoms with Crippen LogP contribution in [-0.2, 0) is 11.3 Å². The van der Waals surface area contributed by atoms with Gasteiger partial charge < -0.3 is 16.7 Å². The van der Waals surface area contributed by atoms with Crippen LogP contribution in [0.25, 0.3) is 0 Å². The smallest absolute Gasteiger partial charge is 0.237 e. The molecule has 18 heavy (non-hydrogen) atoms. The summed E-state index contributed by atoms with van der Waals surface area (Å²) in [6, 6.07) is 3.49. The fraction of sp³-hybridized carbons (Fsp3) is 0.364. The van der Waals surface area contributed by atoms with Crippen LogP contribution in [0.4, 0.5) is 0 Å². The summed E-state index contributed by atoms with van der Waals surface area (Å²) in [6.45, 7) is 3.68.